The highest BCUT2D eigenvalue weighted by Gasteiger charge is 2.32. The minimum atomic E-state index is 0.158. The Morgan fingerprint density at radius 1 is 1.14 bits per heavy atom. The molecule has 2 aliphatic rings. The molecule has 1 saturated carbocycles. The lowest BCUT2D eigenvalue weighted by molar-refractivity contribution is -0.136. The van der Waals surface area contributed by atoms with Crippen LogP contribution in [0.5, 0.6) is 0 Å². The van der Waals surface area contributed by atoms with Gasteiger partial charge in [-0.3, -0.25) is 4.79 Å². The number of piperidine rings is 1. The average molecular weight is 383 g/mol. The second-order valence-corrected chi connectivity index (χ2v) is 7.94. The summed E-state index contributed by atoms with van der Waals surface area (Å²) < 4.78 is 11.2. The van der Waals surface area contributed by atoms with Crippen molar-refractivity contribution >= 4 is 5.91 Å². The summed E-state index contributed by atoms with van der Waals surface area (Å²) in [7, 11) is 0. The smallest absolute Gasteiger partial charge is 0.231 e. The molecule has 0 N–H and O–H groups in total. The van der Waals surface area contributed by atoms with Gasteiger partial charge < -0.3 is 14.2 Å². The summed E-state index contributed by atoms with van der Waals surface area (Å²) in [6.45, 7) is 2.72. The van der Waals surface area contributed by atoms with E-state index in [2.05, 4.69) is 10.1 Å². The van der Waals surface area contributed by atoms with Crippen LogP contribution in [-0.2, 0) is 22.6 Å². The molecule has 0 bridgehead atoms. The van der Waals surface area contributed by atoms with Crippen molar-refractivity contribution in [3.8, 4) is 0 Å². The number of ether oxygens (including phenoxy) is 1. The number of rotatable bonds is 7. The van der Waals surface area contributed by atoms with Crippen LogP contribution in [0.1, 0.15) is 61.7 Å². The van der Waals surface area contributed by atoms with Gasteiger partial charge in [0.25, 0.3) is 0 Å². The van der Waals surface area contributed by atoms with E-state index >= 15 is 0 Å². The van der Waals surface area contributed by atoms with E-state index in [0.29, 0.717) is 43.8 Å². The second-order valence-electron chi connectivity index (χ2n) is 7.94. The molecule has 6 heteroatoms. The standard InChI is InChI=1S/C22H29N3O3/c26-22(18-9-4-5-10-18)25-13-6-11-19(15-25)21-23-20(24-28-21)12-14-27-16-17-7-2-1-3-8-17/h1-3,7-8,18-19H,4-6,9-16H2. The molecule has 0 spiro atoms. The lowest BCUT2D eigenvalue weighted by Crippen LogP contribution is -2.41. The normalized spacial score (nSPS) is 20.6. The van der Waals surface area contributed by atoms with E-state index in [4.69, 9.17) is 9.26 Å². The lowest BCUT2D eigenvalue weighted by Gasteiger charge is -2.32. The molecule has 28 heavy (non-hydrogen) atoms. The summed E-state index contributed by atoms with van der Waals surface area (Å²) >= 11 is 0. The zero-order valence-electron chi connectivity index (χ0n) is 16.4. The van der Waals surface area contributed by atoms with Crippen molar-refractivity contribution in [1.82, 2.24) is 15.0 Å². The van der Waals surface area contributed by atoms with E-state index < -0.39 is 0 Å². The maximum Gasteiger partial charge on any atom is 0.231 e. The Balaban J connectivity index is 1.25. The Labute approximate surface area is 166 Å². The van der Waals surface area contributed by atoms with Gasteiger partial charge in [-0.2, -0.15) is 4.98 Å². The van der Waals surface area contributed by atoms with Crippen molar-refractivity contribution in [2.75, 3.05) is 19.7 Å². The van der Waals surface area contributed by atoms with Crippen LogP contribution in [0.3, 0.4) is 0 Å². The second kappa shape index (κ2) is 9.32. The molecule has 1 saturated heterocycles. The van der Waals surface area contributed by atoms with E-state index in [0.717, 1.165) is 37.8 Å². The van der Waals surface area contributed by atoms with Crippen LogP contribution in [-0.4, -0.2) is 40.6 Å². The van der Waals surface area contributed by atoms with Gasteiger partial charge in [-0.25, -0.2) is 0 Å². The minimum Gasteiger partial charge on any atom is -0.376 e. The topological polar surface area (TPSA) is 68.5 Å². The van der Waals surface area contributed by atoms with Crippen molar-refractivity contribution in [3.05, 3.63) is 47.6 Å². The number of aromatic nitrogens is 2. The van der Waals surface area contributed by atoms with E-state index in [-0.39, 0.29) is 11.8 Å². The van der Waals surface area contributed by atoms with Crippen LogP contribution < -0.4 is 0 Å². The number of benzene rings is 1. The molecule has 1 unspecified atom stereocenters. The molecule has 1 aromatic carbocycles. The molecule has 1 aliphatic heterocycles. The van der Waals surface area contributed by atoms with E-state index in [9.17, 15) is 4.79 Å². The minimum absolute atomic E-state index is 0.158. The van der Waals surface area contributed by atoms with Gasteiger partial charge in [0, 0.05) is 25.4 Å². The zero-order valence-corrected chi connectivity index (χ0v) is 16.4. The molecule has 1 atom stereocenters. The van der Waals surface area contributed by atoms with Crippen LogP contribution in [0.15, 0.2) is 34.9 Å². The Morgan fingerprint density at radius 3 is 2.79 bits per heavy atom. The molecule has 2 fully saturated rings. The van der Waals surface area contributed by atoms with Crippen molar-refractivity contribution in [3.63, 3.8) is 0 Å². The van der Waals surface area contributed by atoms with Gasteiger partial charge in [-0.05, 0) is 31.2 Å². The molecule has 2 aromatic rings. The molecule has 1 aliphatic carbocycles. The number of likely N-dealkylation sites (tertiary alicyclic amines) is 1. The van der Waals surface area contributed by atoms with Crippen molar-refractivity contribution in [2.24, 2.45) is 5.92 Å². The maximum atomic E-state index is 12.7. The Hall–Kier alpha value is -2.21. The summed E-state index contributed by atoms with van der Waals surface area (Å²) in [6.07, 6.45) is 7.11. The van der Waals surface area contributed by atoms with Crippen LogP contribution in [0.25, 0.3) is 0 Å². The molecule has 150 valence electrons. The van der Waals surface area contributed by atoms with Gasteiger partial charge >= 0.3 is 0 Å². The molecular weight excluding hydrogens is 354 g/mol. The van der Waals surface area contributed by atoms with Crippen molar-refractivity contribution in [2.45, 2.75) is 57.5 Å². The third kappa shape index (κ3) is 4.79. The lowest BCUT2D eigenvalue weighted by atomic mass is 9.96. The first kappa shape index (κ1) is 19.1. The van der Waals surface area contributed by atoms with Gasteiger partial charge in [0.1, 0.15) is 0 Å². The number of carbonyl (C=O) groups is 1. The van der Waals surface area contributed by atoms with Gasteiger partial charge in [-0.1, -0.05) is 48.3 Å². The number of carbonyl (C=O) groups excluding carboxylic acids is 1. The van der Waals surface area contributed by atoms with Gasteiger partial charge in [0.2, 0.25) is 11.8 Å². The van der Waals surface area contributed by atoms with Crippen molar-refractivity contribution in [1.29, 1.82) is 0 Å². The molecule has 4 rings (SSSR count). The summed E-state index contributed by atoms with van der Waals surface area (Å²) in [6, 6.07) is 10.1. The number of hydrogen-bond donors (Lipinski definition) is 0. The fourth-order valence-electron chi connectivity index (χ4n) is 4.27. The van der Waals surface area contributed by atoms with Crippen LogP contribution in [0.4, 0.5) is 0 Å². The molecule has 1 amide bonds. The monoisotopic (exact) mass is 383 g/mol. The summed E-state index contributed by atoms with van der Waals surface area (Å²) in [4.78, 5) is 19.3. The Kier molecular flexibility index (Phi) is 6.37. The highest BCUT2D eigenvalue weighted by Crippen LogP contribution is 2.31. The fourth-order valence-corrected chi connectivity index (χ4v) is 4.27. The Morgan fingerprint density at radius 2 is 1.96 bits per heavy atom. The molecule has 2 heterocycles. The SMILES string of the molecule is O=C(C1CCCC1)N1CCCC(c2nc(CCOCc3ccccc3)no2)C1. The van der Waals surface area contributed by atoms with Crippen LogP contribution in [0.2, 0.25) is 0 Å². The average Bonchev–Trinajstić information content (AvgIpc) is 3.44. The highest BCUT2D eigenvalue weighted by atomic mass is 16.5. The number of amides is 1. The summed E-state index contributed by atoms with van der Waals surface area (Å²) in [5.41, 5.74) is 1.16. The van der Waals surface area contributed by atoms with E-state index in [1.165, 1.54) is 12.8 Å². The third-order valence-corrected chi connectivity index (χ3v) is 5.85. The fraction of sp³-hybridized carbons (Fsp3) is 0.591. The number of nitrogens with zero attached hydrogens (tertiary/aromatic N) is 3. The maximum absolute atomic E-state index is 12.7. The molecule has 6 nitrogen and oxygen atoms in total. The number of hydrogen-bond acceptors (Lipinski definition) is 5. The third-order valence-electron chi connectivity index (χ3n) is 5.85. The molecule has 1 aromatic heterocycles. The largest absolute Gasteiger partial charge is 0.376 e. The Bertz CT molecular complexity index is 755. The quantitative estimate of drug-likeness (QED) is 0.682. The van der Waals surface area contributed by atoms with Crippen LogP contribution in [0, 0.1) is 5.92 Å². The molecule has 0 radical (unpaired) electrons. The first-order valence-corrected chi connectivity index (χ1v) is 10.5. The van der Waals surface area contributed by atoms with E-state index in [1.807, 2.05) is 35.2 Å². The predicted molar refractivity (Wildman–Crippen MR) is 105 cm³/mol. The van der Waals surface area contributed by atoms with Crippen molar-refractivity contribution < 1.29 is 14.1 Å². The molecular formula is C22H29N3O3. The van der Waals surface area contributed by atoms with Gasteiger partial charge in [0.15, 0.2) is 5.82 Å². The predicted octanol–water partition coefficient (Wildman–Crippen LogP) is 3.73. The zero-order chi connectivity index (χ0) is 19.2. The summed E-state index contributed by atoms with van der Waals surface area (Å²) in [5.74, 6) is 2.07. The first-order chi connectivity index (χ1) is 13.8. The van der Waals surface area contributed by atoms with E-state index in [1.54, 1.807) is 0 Å². The van der Waals surface area contributed by atoms with Gasteiger partial charge in [0.05, 0.1) is 19.1 Å². The first-order valence-electron chi connectivity index (χ1n) is 10.5. The highest BCUT2D eigenvalue weighted by molar-refractivity contribution is 5.79. The van der Waals surface area contributed by atoms with Gasteiger partial charge in [-0.15, -0.1) is 0 Å². The van der Waals surface area contributed by atoms with Crippen LogP contribution >= 0.6 is 0 Å². The summed E-state index contributed by atoms with van der Waals surface area (Å²) in [5, 5.41) is 4.11.